The predicted octanol–water partition coefficient (Wildman–Crippen LogP) is 2.02. The van der Waals surface area contributed by atoms with Crippen LogP contribution in [-0.4, -0.2) is 30.8 Å². The number of aryl methyl sites for hydroxylation is 1. The van der Waals surface area contributed by atoms with Crippen LogP contribution in [-0.2, 0) is 16.8 Å². The van der Waals surface area contributed by atoms with Gasteiger partial charge in [-0.1, -0.05) is 76.5 Å². The van der Waals surface area contributed by atoms with Crippen molar-refractivity contribution in [3.05, 3.63) is 42.7 Å². The summed E-state index contributed by atoms with van der Waals surface area (Å²) < 4.78 is 30.2. The molecule has 0 bridgehead atoms. The summed E-state index contributed by atoms with van der Waals surface area (Å²) in [6.45, 7) is 3.09. The van der Waals surface area contributed by atoms with E-state index in [0.717, 1.165) is 24.4 Å². The number of benzene rings is 1. The zero-order valence-electron chi connectivity index (χ0n) is 18.8. The van der Waals surface area contributed by atoms with Gasteiger partial charge in [0.05, 0.1) is 12.1 Å². The van der Waals surface area contributed by atoms with Crippen molar-refractivity contribution in [2.24, 2.45) is 0 Å². The first-order valence-electron chi connectivity index (χ1n) is 11.1. The van der Waals surface area contributed by atoms with Crippen LogP contribution in [0.3, 0.4) is 0 Å². The van der Waals surface area contributed by atoms with Crippen LogP contribution in [0.1, 0.15) is 71.1 Å². The molecule has 0 spiro atoms. The Bertz CT molecular complexity index is 820. The van der Waals surface area contributed by atoms with Crippen molar-refractivity contribution in [3.63, 3.8) is 0 Å². The Hall–Kier alpha value is -1.37. The smallest absolute Gasteiger partial charge is 0.379 e. The summed E-state index contributed by atoms with van der Waals surface area (Å²) in [6.07, 6.45) is 16.5. The quantitative estimate of drug-likeness (QED) is 0.323. The second-order valence-electron chi connectivity index (χ2n) is 7.95. The van der Waals surface area contributed by atoms with Crippen molar-refractivity contribution >= 4 is 10.2 Å². The van der Waals surface area contributed by atoms with Crippen molar-refractivity contribution < 1.29 is 25.4 Å². The summed E-state index contributed by atoms with van der Waals surface area (Å²) in [7, 11) is -0.426. The highest BCUT2D eigenvalue weighted by Gasteiger charge is 2.30. The summed E-state index contributed by atoms with van der Waals surface area (Å²) in [5, 5.41) is 0. The van der Waals surface area contributed by atoms with Gasteiger partial charge in [0, 0.05) is 14.1 Å². The van der Waals surface area contributed by atoms with Crippen LogP contribution < -0.4 is 17.0 Å². The van der Waals surface area contributed by atoms with Gasteiger partial charge in [-0.05, 0) is 25.0 Å². The minimum absolute atomic E-state index is 0. The van der Waals surface area contributed by atoms with Crippen LogP contribution in [0.25, 0.3) is 11.4 Å². The normalized spacial score (nSPS) is 11.6. The molecule has 1 aromatic heterocycles. The maximum atomic E-state index is 12.8. The molecule has 0 amide bonds. The summed E-state index contributed by atoms with van der Waals surface area (Å²) in [4.78, 5) is 0. The van der Waals surface area contributed by atoms with Crippen molar-refractivity contribution in [1.29, 1.82) is 0 Å². The van der Waals surface area contributed by atoms with Gasteiger partial charge < -0.3 is 12.4 Å². The standard InChI is InChI=1S/C23H38N3O2S.ClH/c1-4-5-6-7-8-9-10-11-12-16-19-25-20-21-26(29(27,28)24(2)3)23(25)22-17-14-13-15-18-22;/h13-15,17-18,20-21H,4-12,16,19H2,1-3H3;1H/q+1;/p-1. The average molecular weight is 456 g/mol. The van der Waals surface area contributed by atoms with E-state index in [9.17, 15) is 8.42 Å². The number of halogens is 1. The first kappa shape index (κ1) is 26.7. The van der Waals surface area contributed by atoms with Crippen molar-refractivity contribution in [2.75, 3.05) is 14.1 Å². The van der Waals surface area contributed by atoms with E-state index in [2.05, 4.69) is 11.5 Å². The third-order valence-electron chi connectivity index (χ3n) is 5.36. The molecule has 7 heteroatoms. The van der Waals surface area contributed by atoms with Gasteiger partial charge in [-0.15, -0.1) is 3.97 Å². The third kappa shape index (κ3) is 7.71. The highest BCUT2D eigenvalue weighted by atomic mass is 35.5. The lowest BCUT2D eigenvalue weighted by atomic mass is 10.1. The van der Waals surface area contributed by atoms with Gasteiger partial charge in [0.25, 0.3) is 0 Å². The number of hydrogen-bond acceptors (Lipinski definition) is 2. The number of aromatic nitrogens is 2. The van der Waals surface area contributed by atoms with Gasteiger partial charge in [0.2, 0.25) is 0 Å². The SMILES string of the molecule is CCCCCCCCCCCC[n+]1ccn(S(=O)(=O)N(C)C)c1-c1ccccc1.[Cl-]. The number of imidazole rings is 1. The summed E-state index contributed by atoms with van der Waals surface area (Å²) >= 11 is 0. The Morgan fingerprint density at radius 3 is 1.93 bits per heavy atom. The van der Waals surface area contributed by atoms with Crippen LogP contribution in [0.2, 0.25) is 0 Å². The molecule has 1 heterocycles. The molecule has 2 rings (SSSR count). The van der Waals surface area contributed by atoms with E-state index in [-0.39, 0.29) is 12.4 Å². The zero-order valence-corrected chi connectivity index (χ0v) is 20.3. The Morgan fingerprint density at radius 2 is 1.40 bits per heavy atom. The largest absolute Gasteiger partial charge is 1.00 e. The number of nitrogens with zero attached hydrogens (tertiary/aromatic N) is 3. The predicted molar refractivity (Wildman–Crippen MR) is 120 cm³/mol. The molecule has 0 radical (unpaired) electrons. The fourth-order valence-corrected chi connectivity index (χ4v) is 4.59. The van der Waals surface area contributed by atoms with Crippen molar-refractivity contribution in [1.82, 2.24) is 8.28 Å². The molecule has 0 N–H and O–H groups in total. The average Bonchev–Trinajstić information content (AvgIpc) is 3.14. The second kappa shape index (κ2) is 13.8. The first-order chi connectivity index (χ1) is 14.0. The first-order valence-corrected chi connectivity index (χ1v) is 12.5. The minimum Gasteiger partial charge on any atom is -1.00 e. The molecule has 0 saturated carbocycles. The maximum absolute atomic E-state index is 12.8. The topological polar surface area (TPSA) is 46.2 Å². The van der Waals surface area contributed by atoms with E-state index in [4.69, 9.17) is 0 Å². The van der Waals surface area contributed by atoms with E-state index >= 15 is 0 Å². The van der Waals surface area contributed by atoms with Crippen molar-refractivity contribution in [2.45, 2.75) is 77.7 Å². The van der Waals surface area contributed by atoms with E-state index in [1.54, 1.807) is 20.3 Å². The fourth-order valence-electron chi connectivity index (χ4n) is 3.60. The van der Waals surface area contributed by atoms with E-state index in [1.165, 1.54) is 66.1 Å². The van der Waals surface area contributed by atoms with E-state index in [1.807, 2.05) is 36.5 Å². The highest BCUT2D eigenvalue weighted by Crippen LogP contribution is 2.19. The van der Waals surface area contributed by atoms with E-state index < -0.39 is 10.2 Å². The molecule has 170 valence electrons. The molecule has 0 aliphatic carbocycles. The Kier molecular flexibility index (Phi) is 12.3. The summed E-state index contributed by atoms with van der Waals surface area (Å²) in [6, 6.07) is 9.77. The van der Waals surface area contributed by atoms with Crippen LogP contribution in [0.5, 0.6) is 0 Å². The fraction of sp³-hybridized carbons (Fsp3) is 0.609. The lowest BCUT2D eigenvalue weighted by Crippen LogP contribution is -3.00. The number of rotatable bonds is 14. The van der Waals surface area contributed by atoms with Gasteiger partial charge in [-0.3, -0.25) is 0 Å². The Morgan fingerprint density at radius 1 is 0.867 bits per heavy atom. The zero-order chi connectivity index (χ0) is 21.1. The monoisotopic (exact) mass is 455 g/mol. The van der Waals surface area contributed by atoms with Crippen molar-refractivity contribution in [3.8, 4) is 11.4 Å². The minimum atomic E-state index is -3.56. The van der Waals surface area contributed by atoms with Crippen LogP contribution in [0.15, 0.2) is 42.7 Å². The van der Waals surface area contributed by atoms with Gasteiger partial charge >= 0.3 is 16.0 Å². The molecule has 0 atom stereocenters. The summed E-state index contributed by atoms with van der Waals surface area (Å²) in [5.74, 6) is 0.718. The maximum Gasteiger partial charge on any atom is 0.379 e. The lowest BCUT2D eigenvalue weighted by molar-refractivity contribution is -0.685. The molecule has 0 fully saturated rings. The van der Waals surface area contributed by atoms with Gasteiger partial charge in [0.15, 0.2) is 0 Å². The van der Waals surface area contributed by atoms with Gasteiger partial charge in [0.1, 0.15) is 12.4 Å². The molecule has 0 saturated heterocycles. The Balaban J connectivity index is 0.00000450. The molecular formula is C23H38ClN3O2S. The van der Waals surface area contributed by atoms with Crippen LogP contribution in [0.4, 0.5) is 0 Å². The molecule has 0 aliphatic rings. The van der Waals surface area contributed by atoms with E-state index in [0.29, 0.717) is 0 Å². The summed E-state index contributed by atoms with van der Waals surface area (Å²) in [5.41, 5.74) is 0.912. The molecular weight excluding hydrogens is 418 g/mol. The molecule has 0 unspecified atom stereocenters. The molecule has 2 aromatic rings. The van der Waals surface area contributed by atoms with Gasteiger partial charge in [-0.25, -0.2) is 4.57 Å². The van der Waals surface area contributed by atoms with Gasteiger partial charge in [-0.2, -0.15) is 12.7 Å². The molecule has 30 heavy (non-hydrogen) atoms. The van der Waals surface area contributed by atoms with Crippen LogP contribution in [0, 0.1) is 0 Å². The number of unbranched alkanes of at least 4 members (excludes halogenated alkanes) is 9. The highest BCUT2D eigenvalue weighted by molar-refractivity contribution is 7.87. The molecule has 1 aromatic carbocycles. The second-order valence-corrected chi connectivity index (χ2v) is 9.97. The third-order valence-corrected chi connectivity index (χ3v) is 7.07. The molecule has 5 nitrogen and oxygen atoms in total. The van der Waals surface area contributed by atoms with Crippen LogP contribution >= 0.6 is 0 Å². The number of hydrogen-bond donors (Lipinski definition) is 0. The molecule has 0 aliphatic heterocycles. The lowest BCUT2D eigenvalue weighted by Gasteiger charge is -2.10. The Labute approximate surface area is 189 Å².